The average molecular weight is 430 g/mol. The first-order valence-corrected chi connectivity index (χ1v) is 12.4. The molecule has 0 spiro atoms. The Morgan fingerprint density at radius 2 is 1.81 bits per heavy atom. The molecule has 4 rings (SSSR count). The molecule has 1 N–H and O–H groups in total. The molecule has 172 valence electrons. The molecule has 4 fully saturated rings. The van der Waals surface area contributed by atoms with Gasteiger partial charge in [-0.2, -0.15) is 0 Å². The fourth-order valence-electron chi connectivity index (χ4n) is 7.93. The first kappa shape index (κ1) is 22.7. The molecule has 5 nitrogen and oxygen atoms in total. The number of rotatable bonds is 5. The van der Waals surface area contributed by atoms with Gasteiger partial charge in [0.2, 0.25) is 5.91 Å². The molecule has 5 heteroatoms. The molecule has 0 heterocycles. The third-order valence-corrected chi connectivity index (χ3v) is 9.74. The SMILES string of the molecule is CC(C)NC(=O)CCCC1CCC2C3C(=O)CC4CC(=O)CCC4(C)C3CC(=O)C12C. The molecular weight excluding hydrogens is 390 g/mol. The van der Waals surface area contributed by atoms with E-state index in [9.17, 15) is 19.2 Å². The Hall–Kier alpha value is -1.52. The highest BCUT2D eigenvalue weighted by atomic mass is 16.2. The summed E-state index contributed by atoms with van der Waals surface area (Å²) in [5.41, 5.74) is -0.491. The minimum absolute atomic E-state index is 0.0219. The van der Waals surface area contributed by atoms with Crippen LogP contribution in [0.5, 0.6) is 0 Å². The van der Waals surface area contributed by atoms with Gasteiger partial charge in [0.15, 0.2) is 0 Å². The van der Waals surface area contributed by atoms with Crippen LogP contribution in [0.4, 0.5) is 0 Å². The van der Waals surface area contributed by atoms with Crippen LogP contribution in [0, 0.1) is 40.4 Å². The summed E-state index contributed by atoms with van der Waals surface area (Å²) in [5, 5.41) is 2.94. The van der Waals surface area contributed by atoms with Gasteiger partial charge in [0.1, 0.15) is 17.3 Å². The number of hydrogen-bond acceptors (Lipinski definition) is 4. The second-order valence-electron chi connectivity index (χ2n) is 11.7. The Morgan fingerprint density at radius 1 is 1.06 bits per heavy atom. The van der Waals surface area contributed by atoms with Crippen LogP contribution in [0.3, 0.4) is 0 Å². The summed E-state index contributed by atoms with van der Waals surface area (Å²) in [5.74, 6) is 1.61. The number of amides is 1. The summed E-state index contributed by atoms with van der Waals surface area (Å²) in [6.07, 6.45) is 7.06. The van der Waals surface area contributed by atoms with Gasteiger partial charge in [-0.3, -0.25) is 19.2 Å². The molecule has 0 aromatic rings. The molecule has 7 atom stereocenters. The molecule has 7 unspecified atom stereocenters. The van der Waals surface area contributed by atoms with Gasteiger partial charge in [0.05, 0.1) is 0 Å². The van der Waals surface area contributed by atoms with Crippen LogP contribution in [-0.2, 0) is 19.2 Å². The van der Waals surface area contributed by atoms with Crippen molar-refractivity contribution in [1.29, 1.82) is 0 Å². The summed E-state index contributed by atoms with van der Waals surface area (Å²) in [6.45, 7) is 8.30. The lowest BCUT2D eigenvalue weighted by atomic mass is 9.44. The molecule has 0 radical (unpaired) electrons. The van der Waals surface area contributed by atoms with Gasteiger partial charge in [-0.25, -0.2) is 0 Å². The third kappa shape index (κ3) is 3.70. The van der Waals surface area contributed by atoms with Crippen LogP contribution in [0.2, 0.25) is 0 Å². The number of Topliss-reactive ketones (excluding diaryl/α,β-unsaturated/α-hetero) is 3. The van der Waals surface area contributed by atoms with Crippen molar-refractivity contribution in [2.75, 3.05) is 0 Å². The standard InChI is InChI=1S/C26H39NO4/c1-15(2)27-23(31)7-5-6-16-8-9-19-24-20(14-22(30)26(16,19)4)25(3)11-10-18(28)12-17(25)13-21(24)29/h15-17,19-20,24H,5-14H2,1-4H3,(H,27,31). The molecule has 0 bridgehead atoms. The monoisotopic (exact) mass is 429 g/mol. The fraction of sp³-hybridized carbons (Fsp3) is 0.846. The van der Waals surface area contributed by atoms with E-state index in [1.54, 1.807) is 0 Å². The Bertz CT molecular complexity index is 788. The van der Waals surface area contributed by atoms with Crippen LogP contribution < -0.4 is 5.32 Å². The first-order valence-electron chi connectivity index (χ1n) is 12.4. The smallest absolute Gasteiger partial charge is 0.220 e. The quantitative estimate of drug-likeness (QED) is 0.708. The number of carbonyl (C=O) groups is 4. The van der Waals surface area contributed by atoms with Crippen molar-refractivity contribution in [2.45, 2.75) is 97.9 Å². The van der Waals surface area contributed by atoms with Crippen LogP contribution in [0.15, 0.2) is 0 Å². The lowest BCUT2D eigenvalue weighted by Crippen LogP contribution is -2.59. The molecule has 4 aliphatic carbocycles. The van der Waals surface area contributed by atoms with Gasteiger partial charge in [-0.15, -0.1) is 0 Å². The number of hydrogen-bond donors (Lipinski definition) is 1. The third-order valence-electron chi connectivity index (χ3n) is 9.74. The van der Waals surface area contributed by atoms with Crippen molar-refractivity contribution in [3.05, 3.63) is 0 Å². The molecule has 1 amide bonds. The number of nitrogens with one attached hydrogen (secondary N) is 1. The van der Waals surface area contributed by atoms with E-state index in [0.717, 1.165) is 32.1 Å². The van der Waals surface area contributed by atoms with Crippen LogP contribution in [0.25, 0.3) is 0 Å². The molecule has 0 aliphatic heterocycles. The fourth-order valence-corrected chi connectivity index (χ4v) is 7.93. The summed E-state index contributed by atoms with van der Waals surface area (Å²) >= 11 is 0. The van der Waals surface area contributed by atoms with E-state index in [1.807, 2.05) is 13.8 Å². The highest BCUT2D eigenvalue weighted by molar-refractivity contribution is 5.93. The molecule has 0 saturated heterocycles. The van der Waals surface area contributed by atoms with Crippen molar-refractivity contribution in [3.63, 3.8) is 0 Å². The lowest BCUT2D eigenvalue weighted by molar-refractivity contribution is -0.165. The molecule has 0 aromatic heterocycles. The largest absolute Gasteiger partial charge is 0.354 e. The van der Waals surface area contributed by atoms with Crippen LogP contribution in [0.1, 0.15) is 91.9 Å². The maximum absolute atomic E-state index is 13.6. The second kappa shape index (κ2) is 8.12. The molecule has 4 saturated carbocycles. The predicted octanol–water partition coefficient (Wildman–Crippen LogP) is 4.27. The number of carbonyl (C=O) groups excluding carboxylic acids is 4. The van der Waals surface area contributed by atoms with E-state index in [0.29, 0.717) is 43.7 Å². The van der Waals surface area contributed by atoms with Gasteiger partial charge < -0.3 is 5.32 Å². The van der Waals surface area contributed by atoms with E-state index >= 15 is 0 Å². The zero-order valence-corrected chi connectivity index (χ0v) is 19.7. The van der Waals surface area contributed by atoms with E-state index in [4.69, 9.17) is 0 Å². The Kier molecular flexibility index (Phi) is 5.93. The van der Waals surface area contributed by atoms with Crippen molar-refractivity contribution < 1.29 is 19.2 Å². The normalized spacial score (nSPS) is 42.2. The van der Waals surface area contributed by atoms with Gasteiger partial charge in [0.25, 0.3) is 0 Å². The van der Waals surface area contributed by atoms with Gasteiger partial charge >= 0.3 is 0 Å². The minimum Gasteiger partial charge on any atom is -0.354 e. The summed E-state index contributed by atoms with van der Waals surface area (Å²) in [4.78, 5) is 51.1. The summed E-state index contributed by atoms with van der Waals surface area (Å²) in [6, 6.07) is 0.148. The topological polar surface area (TPSA) is 80.3 Å². The average Bonchev–Trinajstić information content (AvgIpc) is 3.01. The van der Waals surface area contributed by atoms with Crippen molar-refractivity contribution in [3.8, 4) is 0 Å². The molecule has 0 aromatic carbocycles. The number of ketones is 3. The first-order chi connectivity index (χ1) is 14.6. The highest BCUT2D eigenvalue weighted by Gasteiger charge is 2.65. The van der Waals surface area contributed by atoms with Crippen molar-refractivity contribution >= 4 is 23.3 Å². The Morgan fingerprint density at radius 3 is 2.52 bits per heavy atom. The molecular formula is C26H39NO4. The molecule has 4 aliphatic rings. The Labute approximate surface area is 186 Å². The van der Waals surface area contributed by atoms with E-state index in [-0.39, 0.29) is 52.7 Å². The van der Waals surface area contributed by atoms with Crippen LogP contribution in [-0.4, -0.2) is 29.3 Å². The summed E-state index contributed by atoms with van der Waals surface area (Å²) in [7, 11) is 0. The van der Waals surface area contributed by atoms with E-state index < -0.39 is 5.41 Å². The Balaban J connectivity index is 1.50. The zero-order valence-electron chi connectivity index (χ0n) is 19.7. The maximum atomic E-state index is 13.6. The van der Waals surface area contributed by atoms with E-state index in [2.05, 4.69) is 19.2 Å². The lowest BCUT2D eigenvalue weighted by Gasteiger charge is -2.58. The maximum Gasteiger partial charge on any atom is 0.220 e. The minimum atomic E-state index is -0.432. The zero-order chi connectivity index (χ0) is 22.6. The predicted molar refractivity (Wildman–Crippen MR) is 118 cm³/mol. The number of fused-ring (bicyclic) bond motifs is 5. The van der Waals surface area contributed by atoms with Crippen LogP contribution >= 0.6 is 0 Å². The van der Waals surface area contributed by atoms with Crippen molar-refractivity contribution in [2.24, 2.45) is 40.4 Å². The van der Waals surface area contributed by atoms with E-state index in [1.165, 1.54) is 0 Å². The summed E-state index contributed by atoms with van der Waals surface area (Å²) < 4.78 is 0. The molecule has 31 heavy (non-hydrogen) atoms. The van der Waals surface area contributed by atoms with Gasteiger partial charge in [-0.05, 0) is 75.0 Å². The highest BCUT2D eigenvalue weighted by Crippen LogP contribution is 2.65. The van der Waals surface area contributed by atoms with Gasteiger partial charge in [-0.1, -0.05) is 13.8 Å². The van der Waals surface area contributed by atoms with Gasteiger partial charge in [0, 0.05) is 49.5 Å². The second-order valence-corrected chi connectivity index (χ2v) is 11.7. The van der Waals surface area contributed by atoms with Crippen molar-refractivity contribution in [1.82, 2.24) is 5.32 Å².